The first-order valence-corrected chi connectivity index (χ1v) is 7.18. The SMILES string of the molecule is CCOC(=O)Cc1csc(NC2CCC(=O)NC2)n1. The van der Waals surface area contributed by atoms with Gasteiger partial charge in [0.05, 0.1) is 18.7 Å². The molecule has 1 saturated heterocycles. The summed E-state index contributed by atoms with van der Waals surface area (Å²) in [4.78, 5) is 26.7. The first kappa shape index (κ1) is 13.8. The zero-order valence-electron chi connectivity index (χ0n) is 10.8. The number of anilines is 1. The Labute approximate surface area is 115 Å². The van der Waals surface area contributed by atoms with Crippen molar-refractivity contribution in [3.63, 3.8) is 0 Å². The molecule has 0 spiro atoms. The van der Waals surface area contributed by atoms with E-state index < -0.39 is 0 Å². The van der Waals surface area contributed by atoms with Gasteiger partial charge in [0.2, 0.25) is 5.91 Å². The van der Waals surface area contributed by atoms with Gasteiger partial charge in [0.1, 0.15) is 0 Å². The monoisotopic (exact) mass is 283 g/mol. The molecule has 7 heteroatoms. The lowest BCUT2D eigenvalue weighted by Crippen LogP contribution is -2.41. The van der Waals surface area contributed by atoms with Gasteiger partial charge in [-0.3, -0.25) is 9.59 Å². The van der Waals surface area contributed by atoms with E-state index >= 15 is 0 Å². The number of hydrogen-bond donors (Lipinski definition) is 2. The Morgan fingerprint density at radius 3 is 3.21 bits per heavy atom. The topological polar surface area (TPSA) is 80.3 Å². The molecule has 1 aliphatic heterocycles. The number of thiazole rings is 1. The molecule has 0 aliphatic carbocycles. The molecule has 19 heavy (non-hydrogen) atoms. The van der Waals surface area contributed by atoms with Gasteiger partial charge in [0.25, 0.3) is 0 Å². The Morgan fingerprint density at radius 1 is 1.68 bits per heavy atom. The van der Waals surface area contributed by atoms with E-state index in [1.165, 1.54) is 11.3 Å². The van der Waals surface area contributed by atoms with Gasteiger partial charge < -0.3 is 15.4 Å². The minimum atomic E-state index is -0.260. The van der Waals surface area contributed by atoms with Crippen LogP contribution < -0.4 is 10.6 Å². The van der Waals surface area contributed by atoms with Crippen molar-refractivity contribution in [1.29, 1.82) is 0 Å². The molecule has 1 unspecified atom stereocenters. The van der Waals surface area contributed by atoms with Crippen molar-refractivity contribution in [2.24, 2.45) is 0 Å². The van der Waals surface area contributed by atoms with Crippen LogP contribution in [0.2, 0.25) is 0 Å². The molecular formula is C12H17N3O3S. The number of nitrogens with one attached hydrogen (secondary N) is 2. The van der Waals surface area contributed by atoms with E-state index in [9.17, 15) is 9.59 Å². The summed E-state index contributed by atoms with van der Waals surface area (Å²) in [6.45, 7) is 2.78. The molecule has 0 saturated carbocycles. The van der Waals surface area contributed by atoms with Crippen LogP contribution in [0.5, 0.6) is 0 Å². The second-order valence-corrected chi connectivity index (χ2v) is 5.17. The second kappa shape index (κ2) is 6.51. The maximum Gasteiger partial charge on any atom is 0.311 e. The van der Waals surface area contributed by atoms with Gasteiger partial charge in [0.15, 0.2) is 5.13 Å². The van der Waals surface area contributed by atoms with Crippen molar-refractivity contribution < 1.29 is 14.3 Å². The van der Waals surface area contributed by atoms with Crippen LogP contribution in [0.3, 0.4) is 0 Å². The van der Waals surface area contributed by atoms with Gasteiger partial charge in [-0.2, -0.15) is 0 Å². The number of aromatic nitrogens is 1. The van der Waals surface area contributed by atoms with E-state index in [-0.39, 0.29) is 24.3 Å². The molecule has 0 bridgehead atoms. The highest BCUT2D eigenvalue weighted by Gasteiger charge is 2.18. The van der Waals surface area contributed by atoms with Crippen LogP contribution in [0.1, 0.15) is 25.5 Å². The third-order valence-electron chi connectivity index (χ3n) is 2.78. The molecule has 1 amide bonds. The molecule has 2 heterocycles. The van der Waals surface area contributed by atoms with Crippen molar-refractivity contribution >= 4 is 28.3 Å². The van der Waals surface area contributed by atoms with Gasteiger partial charge in [0, 0.05) is 24.4 Å². The minimum Gasteiger partial charge on any atom is -0.466 e. The number of rotatable bonds is 5. The predicted octanol–water partition coefficient (Wildman–Crippen LogP) is 0.939. The first-order valence-electron chi connectivity index (χ1n) is 6.30. The Bertz CT molecular complexity index is 451. The van der Waals surface area contributed by atoms with E-state index in [1.54, 1.807) is 6.92 Å². The van der Waals surface area contributed by atoms with Crippen molar-refractivity contribution in [2.75, 3.05) is 18.5 Å². The molecule has 2 N–H and O–H groups in total. The van der Waals surface area contributed by atoms with Gasteiger partial charge in [-0.15, -0.1) is 11.3 Å². The van der Waals surface area contributed by atoms with E-state index in [0.717, 1.165) is 11.6 Å². The summed E-state index contributed by atoms with van der Waals surface area (Å²) in [7, 11) is 0. The van der Waals surface area contributed by atoms with Crippen LogP contribution in [0, 0.1) is 0 Å². The number of amides is 1. The summed E-state index contributed by atoms with van der Waals surface area (Å²) in [6, 6.07) is 0.208. The summed E-state index contributed by atoms with van der Waals surface area (Å²) in [5.41, 5.74) is 0.714. The average Bonchev–Trinajstić information content (AvgIpc) is 2.80. The molecule has 1 aromatic heterocycles. The van der Waals surface area contributed by atoms with E-state index in [2.05, 4.69) is 15.6 Å². The lowest BCUT2D eigenvalue weighted by Gasteiger charge is -2.22. The lowest BCUT2D eigenvalue weighted by molar-refractivity contribution is -0.142. The predicted molar refractivity (Wildman–Crippen MR) is 72.1 cm³/mol. The highest BCUT2D eigenvalue weighted by Crippen LogP contribution is 2.19. The smallest absolute Gasteiger partial charge is 0.311 e. The molecule has 1 aliphatic rings. The van der Waals surface area contributed by atoms with Gasteiger partial charge >= 0.3 is 5.97 Å². The summed E-state index contributed by atoms with van der Waals surface area (Å²) >= 11 is 1.46. The van der Waals surface area contributed by atoms with E-state index in [0.29, 0.717) is 25.3 Å². The van der Waals surface area contributed by atoms with Crippen LogP contribution in [0.25, 0.3) is 0 Å². The lowest BCUT2D eigenvalue weighted by atomic mass is 10.1. The molecule has 104 valence electrons. The van der Waals surface area contributed by atoms with Gasteiger partial charge in [-0.1, -0.05) is 0 Å². The molecule has 1 aromatic rings. The van der Waals surface area contributed by atoms with Gasteiger partial charge in [-0.25, -0.2) is 4.98 Å². The molecule has 2 rings (SSSR count). The zero-order chi connectivity index (χ0) is 13.7. The van der Waals surface area contributed by atoms with Crippen molar-refractivity contribution in [2.45, 2.75) is 32.2 Å². The quantitative estimate of drug-likeness (QED) is 0.786. The third kappa shape index (κ3) is 4.20. The number of carbonyl (C=O) groups is 2. The number of ether oxygens (including phenoxy) is 1. The fraction of sp³-hybridized carbons (Fsp3) is 0.583. The van der Waals surface area contributed by atoms with Crippen LogP contribution in [-0.2, 0) is 20.7 Å². The fourth-order valence-corrected chi connectivity index (χ4v) is 2.63. The van der Waals surface area contributed by atoms with E-state index in [1.807, 2.05) is 5.38 Å². The number of piperidine rings is 1. The van der Waals surface area contributed by atoms with Crippen molar-refractivity contribution in [3.05, 3.63) is 11.1 Å². The van der Waals surface area contributed by atoms with Crippen LogP contribution in [-0.4, -0.2) is 36.1 Å². The summed E-state index contributed by atoms with van der Waals surface area (Å²) in [6.07, 6.45) is 1.55. The number of carbonyl (C=O) groups excluding carboxylic acids is 2. The van der Waals surface area contributed by atoms with Crippen molar-refractivity contribution in [3.8, 4) is 0 Å². The molecule has 6 nitrogen and oxygen atoms in total. The molecule has 0 radical (unpaired) electrons. The fourth-order valence-electron chi connectivity index (χ4n) is 1.84. The van der Waals surface area contributed by atoms with Crippen LogP contribution in [0.15, 0.2) is 5.38 Å². The standard InChI is InChI=1S/C12H17N3O3S/c1-2-18-11(17)5-9-7-19-12(15-9)14-8-3-4-10(16)13-6-8/h7-8H,2-6H2,1H3,(H,13,16)(H,14,15). The molecule has 1 atom stereocenters. The normalized spacial score (nSPS) is 18.8. The highest BCUT2D eigenvalue weighted by atomic mass is 32.1. The maximum absolute atomic E-state index is 11.3. The Morgan fingerprint density at radius 2 is 2.53 bits per heavy atom. The Hall–Kier alpha value is -1.63. The number of esters is 1. The summed E-state index contributed by atoms with van der Waals surface area (Å²) < 4.78 is 4.87. The average molecular weight is 283 g/mol. The highest BCUT2D eigenvalue weighted by molar-refractivity contribution is 7.13. The third-order valence-corrected chi connectivity index (χ3v) is 3.60. The van der Waals surface area contributed by atoms with Crippen LogP contribution >= 0.6 is 11.3 Å². The molecule has 0 aromatic carbocycles. The zero-order valence-corrected chi connectivity index (χ0v) is 11.6. The van der Waals surface area contributed by atoms with Gasteiger partial charge in [-0.05, 0) is 13.3 Å². The number of nitrogens with zero attached hydrogens (tertiary/aromatic N) is 1. The van der Waals surface area contributed by atoms with Crippen LogP contribution in [0.4, 0.5) is 5.13 Å². The molecule has 1 fully saturated rings. The first-order chi connectivity index (χ1) is 9.17. The Kier molecular flexibility index (Phi) is 4.73. The Balaban J connectivity index is 1.83. The molecular weight excluding hydrogens is 266 g/mol. The maximum atomic E-state index is 11.3. The van der Waals surface area contributed by atoms with Crippen molar-refractivity contribution in [1.82, 2.24) is 10.3 Å². The number of hydrogen-bond acceptors (Lipinski definition) is 6. The second-order valence-electron chi connectivity index (χ2n) is 4.31. The summed E-state index contributed by atoms with van der Waals surface area (Å²) in [5.74, 6) is -0.163. The largest absolute Gasteiger partial charge is 0.466 e. The minimum absolute atomic E-state index is 0.0974. The summed E-state index contributed by atoms with van der Waals surface area (Å²) in [5, 5.41) is 8.70. The van der Waals surface area contributed by atoms with E-state index in [4.69, 9.17) is 4.74 Å².